The van der Waals surface area contributed by atoms with Gasteiger partial charge in [0.05, 0.1) is 11.3 Å². The Labute approximate surface area is 121 Å². The average molecular weight is 269 g/mol. The topological polar surface area (TPSA) is 39.1 Å². The third-order valence-corrected chi connectivity index (χ3v) is 4.66. The highest BCUT2D eigenvalue weighted by atomic mass is 15.2. The molecule has 2 atom stereocenters. The second-order valence-electron chi connectivity index (χ2n) is 6.13. The van der Waals surface area contributed by atoms with Crippen molar-refractivity contribution in [2.45, 2.75) is 45.2 Å². The summed E-state index contributed by atoms with van der Waals surface area (Å²) >= 11 is 0. The van der Waals surface area contributed by atoms with Gasteiger partial charge in [0.15, 0.2) is 0 Å². The fourth-order valence-corrected chi connectivity index (χ4v) is 3.66. The fourth-order valence-electron chi connectivity index (χ4n) is 3.66. The second kappa shape index (κ2) is 5.85. The largest absolute Gasteiger partial charge is 0.367 e. The Hall–Kier alpha value is -1.53. The first kappa shape index (κ1) is 13.5. The van der Waals surface area contributed by atoms with Crippen molar-refractivity contribution < 1.29 is 0 Å². The molecule has 0 amide bonds. The van der Waals surface area contributed by atoms with Gasteiger partial charge in [-0.2, -0.15) is 5.26 Å². The number of fused-ring (bicyclic) bond motifs is 2. The van der Waals surface area contributed by atoms with Gasteiger partial charge in [0, 0.05) is 19.1 Å². The lowest BCUT2D eigenvalue weighted by molar-refractivity contribution is 0.553. The van der Waals surface area contributed by atoms with Gasteiger partial charge in [-0.15, -0.1) is 0 Å². The molecule has 1 aliphatic heterocycles. The number of hydrogen-bond donors (Lipinski definition) is 1. The maximum atomic E-state index is 9.45. The van der Waals surface area contributed by atoms with Crippen molar-refractivity contribution in [2.24, 2.45) is 5.92 Å². The number of rotatable bonds is 5. The summed E-state index contributed by atoms with van der Waals surface area (Å²) in [7, 11) is 0. The number of piperidine rings is 1. The molecule has 2 aliphatic rings. The Bertz CT molecular complexity index is 517. The molecule has 0 aromatic heterocycles. The quantitative estimate of drug-likeness (QED) is 0.835. The molecule has 2 unspecified atom stereocenters. The minimum absolute atomic E-state index is 0.677. The third kappa shape index (κ3) is 2.53. The number of nitrogens with one attached hydrogen (secondary N) is 1. The van der Waals surface area contributed by atoms with Crippen molar-refractivity contribution in [3.63, 3.8) is 0 Å². The van der Waals surface area contributed by atoms with Gasteiger partial charge in [0.25, 0.3) is 0 Å². The predicted octanol–water partition coefficient (Wildman–Crippen LogP) is 3.05. The van der Waals surface area contributed by atoms with Crippen molar-refractivity contribution in [3.05, 3.63) is 29.3 Å². The van der Waals surface area contributed by atoms with Crippen molar-refractivity contribution in [2.75, 3.05) is 18.0 Å². The Kier molecular flexibility index (Phi) is 3.93. The smallest absolute Gasteiger partial charge is 0.101 e. The normalized spacial score (nSPS) is 24.1. The van der Waals surface area contributed by atoms with E-state index >= 15 is 0 Å². The van der Waals surface area contributed by atoms with Crippen molar-refractivity contribution in [1.82, 2.24) is 5.32 Å². The number of hydrogen-bond acceptors (Lipinski definition) is 3. The number of nitriles is 1. The molecule has 3 nitrogen and oxygen atoms in total. The molecule has 3 heteroatoms. The number of anilines is 1. The molecule has 1 N–H and O–H groups in total. The van der Waals surface area contributed by atoms with Crippen LogP contribution in [0.3, 0.4) is 0 Å². The Morgan fingerprint density at radius 1 is 1.40 bits per heavy atom. The fraction of sp³-hybridized carbons (Fsp3) is 0.588. The lowest BCUT2D eigenvalue weighted by Gasteiger charge is -2.30. The van der Waals surface area contributed by atoms with Crippen molar-refractivity contribution in [3.8, 4) is 6.07 Å². The van der Waals surface area contributed by atoms with E-state index in [2.05, 4.69) is 41.4 Å². The van der Waals surface area contributed by atoms with Gasteiger partial charge < -0.3 is 10.2 Å². The van der Waals surface area contributed by atoms with Crippen LogP contribution in [0.25, 0.3) is 0 Å². The van der Waals surface area contributed by atoms with Crippen LogP contribution < -0.4 is 10.2 Å². The van der Waals surface area contributed by atoms with Gasteiger partial charge in [-0.3, -0.25) is 0 Å². The summed E-state index contributed by atoms with van der Waals surface area (Å²) in [5.41, 5.74) is 3.20. The summed E-state index contributed by atoms with van der Waals surface area (Å²) < 4.78 is 0. The minimum Gasteiger partial charge on any atom is -0.367 e. The summed E-state index contributed by atoms with van der Waals surface area (Å²) in [5.74, 6) is 0.859. The highest BCUT2D eigenvalue weighted by Gasteiger charge is 2.38. The molecule has 0 spiro atoms. The standard InChI is InChI=1S/C17H23N3/c1-2-7-19-11-13-4-6-17(15(8-13)10-18)20-12-14-3-5-16(20)9-14/h4,6,8,14,16,19H,2-3,5,7,9,11-12H2,1H3. The molecule has 3 rings (SSSR count). The summed E-state index contributed by atoms with van der Waals surface area (Å²) in [5, 5.41) is 12.8. The minimum atomic E-state index is 0.677. The highest BCUT2D eigenvalue weighted by molar-refractivity contribution is 5.62. The van der Waals surface area contributed by atoms with Gasteiger partial charge in [0.1, 0.15) is 6.07 Å². The third-order valence-electron chi connectivity index (χ3n) is 4.66. The molecule has 0 radical (unpaired) electrons. The summed E-state index contributed by atoms with van der Waals surface area (Å²) in [6.45, 7) is 5.19. The first-order valence-electron chi connectivity index (χ1n) is 7.82. The zero-order chi connectivity index (χ0) is 13.9. The Balaban J connectivity index is 1.76. The van der Waals surface area contributed by atoms with Gasteiger partial charge >= 0.3 is 0 Å². The molecule has 2 fully saturated rings. The monoisotopic (exact) mass is 269 g/mol. The van der Waals surface area contributed by atoms with Crippen molar-refractivity contribution in [1.29, 1.82) is 5.26 Å². The zero-order valence-electron chi connectivity index (χ0n) is 12.2. The molecule has 1 aromatic carbocycles. The molecule has 106 valence electrons. The van der Waals surface area contributed by atoms with Crippen LogP contribution in [0.5, 0.6) is 0 Å². The number of benzene rings is 1. The molecule has 2 bridgehead atoms. The van der Waals surface area contributed by atoms with Gasteiger partial charge in [-0.1, -0.05) is 13.0 Å². The van der Waals surface area contributed by atoms with E-state index in [9.17, 15) is 5.26 Å². The van der Waals surface area contributed by atoms with Crippen LogP contribution in [0.15, 0.2) is 18.2 Å². The lowest BCUT2D eigenvalue weighted by Crippen LogP contribution is -2.32. The van der Waals surface area contributed by atoms with Gasteiger partial charge in [0.2, 0.25) is 0 Å². The Morgan fingerprint density at radius 2 is 2.30 bits per heavy atom. The van der Waals surface area contributed by atoms with Crippen LogP contribution in [0, 0.1) is 17.2 Å². The van der Waals surface area contributed by atoms with Crippen LogP contribution in [0.1, 0.15) is 43.7 Å². The van der Waals surface area contributed by atoms with E-state index in [1.165, 1.54) is 24.8 Å². The van der Waals surface area contributed by atoms with E-state index in [4.69, 9.17) is 0 Å². The van der Waals surface area contributed by atoms with E-state index < -0.39 is 0 Å². The molecular formula is C17H23N3. The van der Waals surface area contributed by atoms with Crippen LogP contribution in [0.2, 0.25) is 0 Å². The lowest BCUT2D eigenvalue weighted by atomic mass is 10.0. The molecule has 1 heterocycles. The first-order valence-corrected chi connectivity index (χ1v) is 7.82. The highest BCUT2D eigenvalue weighted by Crippen LogP contribution is 2.41. The van der Waals surface area contributed by atoms with Crippen LogP contribution in [-0.2, 0) is 6.54 Å². The number of nitrogens with zero attached hydrogens (tertiary/aromatic N) is 2. The molecule has 1 saturated carbocycles. The maximum absolute atomic E-state index is 9.45. The molecule has 1 saturated heterocycles. The summed E-state index contributed by atoms with van der Waals surface area (Å²) in [6, 6.07) is 9.46. The summed E-state index contributed by atoms with van der Waals surface area (Å²) in [4.78, 5) is 2.47. The van der Waals surface area contributed by atoms with Crippen molar-refractivity contribution >= 4 is 5.69 Å². The second-order valence-corrected chi connectivity index (χ2v) is 6.13. The van der Waals surface area contributed by atoms with E-state index in [-0.39, 0.29) is 0 Å². The maximum Gasteiger partial charge on any atom is 0.101 e. The van der Waals surface area contributed by atoms with Gasteiger partial charge in [-0.05, 0) is 55.8 Å². The van der Waals surface area contributed by atoms with Gasteiger partial charge in [-0.25, -0.2) is 0 Å². The molecule has 20 heavy (non-hydrogen) atoms. The van der Waals surface area contributed by atoms with Crippen LogP contribution in [0.4, 0.5) is 5.69 Å². The Morgan fingerprint density at radius 3 is 2.95 bits per heavy atom. The van der Waals surface area contributed by atoms with E-state index in [0.29, 0.717) is 6.04 Å². The predicted molar refractivity (Wildman–Crippen MR) is 81.6 cm³/mol. The molecular weight excluding hydrogens is 246 g/mol. The summed E-state index contributed by atoms with van der Waals surface area (Å²) in [6.07, 6.45) is 5.14. The SMILES string of the molecule is CCCNCc1ccc(N2CC3CCC2C3)c(C#N)c1. The molecule has 1 aromatic rings. The average Bonchev–Trinajstić information content (AvgIpc) is 3.10. The zero-order valence-corrected chi connectivity index (χ0v) is 12.2. The first-order chi connectivity index (χ1) is 9.81. The van der Waals surface area contributed by atoms with Crippen LogP contribution in [-0.4, -0.2) is 19.1 Å². The molecule has 1 aliphatic carbocycles. The van der Waals surface area contributed by atoms with E-state index in [1.54, 1.807) is 0 Å². The van der Waals surface area contributed by atoms with Crippen LogP contribution >= 0.6 is 0 Å². The van der Waals surface area contributed by atoms with E-state index in [1.807, 2.05) is 0 Å². The van der Waals surface area contributed by atoms with E-state index in [0.717, 1.165) is 43.2 Å².